The van der Waals surface area contributed by atoms with E-state index in [9.17, 15) is 9.18 Å². The SMILES string of the molecule is CC1(C(=O)N2CCCCC2)COC(c2nc(-c3ccc(F)cc3)c(-c3ccnc(N4CCCCC4)n3)[nH]2)OC1. The zero-order valence-electron chi connectivity index (χ0n) is 22.4. The Morgan fingerprint density at radius 2 is 1.62 bits per heavy atom. The molecule has 3 aliphatic heterocycles. The van der Waals surface area contributed by atoms with Crippen LogP contribution in [0.1, 0.15) is 57.6 Å². The second-order valence-electron chi connectivity index (χ2n) is 11.0. The largest absolute Gasteiger partial charge is 0.345 e. The molecule has 1 aromatic carbocycles. The van der Waals surface area contributed by atoms with E-state index in [1.54, 1.807) is 18.3 Å². The van der Waals surface area contributed by atoms with Crippen molar-refractivity contribution in [2.75, 3.05) is 44.3 Å². The van der Waals surface area contributed by atoms with E-state index >= 15 is 0 Å². The van der Waals surface area contributed by atoms with E-state index in [0.717, 1.165) is 57.4 Å². The molecule has 10 heteroatoms. The number of halogens is 1. The van der Waals surface area contributed by atoms with Gasteiger partial charge in [0.25, 0.3) is 0 Å². The number of amides is 1. The van der Waals surface area contributed by atoms with E-state index in [-0.39, 0.29) is 24.9 Å². The number of H-pyrrole nitrogens is 1. The Labute approximate surface area is 227 Å². The third kappa shape index (κ3) is 5.40. The number of anilines is 1. The number of aromatic nitrogens is 4. The number of hydrogen-bond acceptors (Lipinski definition) is 7. The molecule has 0 bridgehead atoms. The highest BCUT2D eigenvalue weighted by Crippen LogP contribution is 2.36. The van der Waals surface area contributed by atoms with E-state index < -0.39 is 11.7 Å². The fraction of sp³-hybridized carbons (Fsp3) is 0.517. The molecule has 2 aromatic heterocycles. The quantitative estimate of drug-likeness (QED) is 0.506. The summed E-state index contributed by atoms with van der Waals surface area (Å²) in [5.41, 5.74) is 2.00. The molecule has 0 atom stereocenters. The maximum absolute atomic E-state index is 13.7. The number of rotatable bonds is 5. The molecule has 3 aliphatic rings. The zero-order valence-corrected chi connectivity index (χ0v) is 22.4. The number of carbonyl (C=O) groups is 1. The molecular weight excluding hydrogens is 499 g/mol. The van der Waals surface area contributed by atoms with Crippen LogP contribution in [0, 0.1) is 11.2 Å². The predicted molar refractivity (Wildman–Crippen MR) is 144 cm³/mol. The first-order valence-electron chi connectivity index (χ1n) is 14.0. The predicted octanol–water partition coefficient (Wildman–Crippen LogP) is 4.73. The van der Waals surface area contributed by atoms with E-state index in [0.29, 0.717) is 28.9 Å². The van der Waals surface area contributed by atoms with Crippen LogP contribution in [0.3, 0.4) is 0 Å². The van der Waals surface area contributed by atoms with Gasteiger partial charge in [-0.25, -0.2) is 19.3 Å². The average molecular weight is 535 g/mol. The number of nitrogens with one attached hydrogen (secondary N) is 1. The molecule has 0 aliphatic carbocycles. The lowest BCUT2D eigenvalue weighted by Crippen LogP contribution is -2.51. The van der Waals surface area contributed by atoms with Gasteiger partial charge < -0.3 is 24.3 Å². The lowest BCUT2D eigenvalue weighted by Gasteiger charge is -2.40. The van der Waals surface area contributed by atoms with E-state index in [2.05, 4.69) is 14.9 Å². The van der Waals surface area contributed by atoms with Crippen molar-refractivity contribution < 1.29 is 18.7 Å². The molecule has 3 saturated heterocycles. The fourth-order valence-corrected chi connectivity index (χ4v) is 5.61. The number of nitrogens with zero attached hydrogens (tertiary/aromatic N) is 5. The maximum atomic E-state index is 13.7. The van der Waals surface area contributed by atoms with Gasteiger partial charge in [-0.15, -0.1) is 0 Å². The summed E-state index contributed by atoms with van der Waals surface area (Å²) in [7, 11) is 0. The van der Waals surface area contributed by atoms with Crippen LogP contribution >= 0.6 is 0 Å². The Morgan fingerprint density at radius 3 is 2.31 bits per heavy atom. The minimum absolute atomic E-state index is 0.0824. The van der Waals surface area contributed by atoms with Gasteiger partial charge in [-0.2, -0.15) is 0 Å². The van der Waals surface area contributed by atoms with Crippen LogP contribution in [0.2, 0.25) is 0 Å². The molecule has 206 valence electrons. The maximum Gasteiger partial charge on any atom is 0.233 e. The summed E-state index contributed by atoms with van der Waals surface area (Å²) in [5, 5.41) is 0. The molecule has 0 saturated carbocycles. The minimum Gasteiger partial charge on any atom is -0.345 e. The minimum atomic E-state index is -0.761. The van der Waals surface area contributed by atoms with Gasteiger partial charge in [-0.3, -0.25) is 4.79 Å². The molecule has 3 fully saturated rings. The van der Waals surface area contributed by atoms with Crippen molar-refractivity contribution >= 4 is 11.9 Å². The lowest BCUT2D eigenvalue weighted by atomic mass is 9.89. The van der Waals surface area contributed by atoms with Crippen molar-refractivity contribution in [3.63, 3.8) is 0 Å². The van der Waals surface area contributed by atoms with Gasteiger partial charge in [0.15, 0.2) is 5.82 Å². The van der Waals surface area contributed by atoms with Crippen LogP contribution in [-0.4, -0.2) is 70.1 Å². The normalized spacial score (nSPS) is 24.1. The van der Waals surface area contributed by atoms with Crippen molar-refractivity contribution in [1.29, 1.82) is 0 Å². The monoisotopic (exact) mass is 534 g/mol. The third-order valence-electron chi connectivity index (χ3n) is 7.87. The molecule has 0 radical (unpaired) electrons. The Balaban J connectivity index is 1.27. The molecule has 1 amide bonds. The van der Waals surface area contributed by atoms with Gasteiger partial charge in [0.2, 0.25) is 18.1 Å². The van der Waals surface area contributed by atoms with Crippen LogP contribution in [0.25, 0.3) is 22.6 Å². The summed E-state index contributed by atoms with van der Waals surface area (Å²) in [4.78, 5) is 35.0. The zero-order chi connectivity index (χ0) is 26.8. The molecular formula is C29H35FN6O3. The molecule has 5 heterocycles. The molecule has 9 nitrogen and oxygen atoms in total. The smallest absolute Gasteiger partial charge is 0.233 e. The number of carbonyl (C=O) groups excluding carboxylic acids is 1. The molecule has 1 N–H and O–H groups in total. The van der Waals surface area contributed by atoms with Crippen molar-refractivity contribution in [3.8, 4) is 22.6 Å². The van der Waals surface area contributed by atoms with E-state index in [4.69, 9.17) is 19.4 Å². The Morgan fingerprint density at radius 1 is 0.949 bits per heavy atom. The highest BCUT2D eigenvalue weighted by Gasteiger charge is 2.43. The Kier molecular flexibility index (Phi) is 7.31. The summed E-state index contributed by atoms with van der Waals surface area (Å²) in [6.07, 6.45) is 7.70. The van der Waals surface area contributed by atoms with E-state index in [1.165, 1.54) is 25.0 Å². The van der Waals surface area contributed by atoms with Crippen molar-refractivity contribution in [3.05, 3.63) is 48.2 Å². The fourth-order valence-electron chi connectivity index (χ4n) is 5.61. The number of hydrogen-bond donors (Lipinski definition) is 1. The van der Waals surface area contributed by atoms with Crippen molar-refractivity contribution in [2.24, 2.45) is 5.41 Å². The summed E-state index contributed by atoms with van der Waals surface area (Å²) in [6, 6.07) is 8.06. The highest BCUT2D eigenvalue weighted by atomic mass is 19.1. The second kappa shape index (κ2) is 11.0. The van der Waals surface area contributed by atoms with Crippen LogP contribution in [0.15, 0.2) is 36.5 Å². The van der Waals surface area contributed by atoms with Gasteiger partial charge in [0, 0.05) is 37.9 Å². The molecule has 0 unspecified atom stereocenters. The van der Waals surface area contributed by atoms with Gasteiger partial charge in [-0.1, -0.05) is 0 Å². The first-order chi connectivity index (χ1) is 19.0. The summed E-state index contributed by atoms with van der Waals surface area (Å²) in [5.74, 6) is 0.932. The van der Waals surface area contributed by atoms with Crippen LogP contribution in [-0.2, 0) is 14.3 Å². The van der Waals surface area contributed by atoms with Crippen molar-refractivity contribution in [2.45, 2.75) is 51.7 Å². The number of imidazole rings is 1. The Bertz CT molecular complexity index is 1290. The van der Waals surface area contributed by atoms with Gasteiger partial charge in [0.05, 0.1) is 35.7 Å². The van der Waals surface area contributed by atoms with E-state index in [1.807, 2.05) is 17.9 Å². The van der Waals surface area contributed by atoms with Crippen molar-refractivity contribution in [1.82, 2.24) is 24.8 Å². The van der Waals surface area contributed by atoms with Crippen LogP contribution < -0.4 is 4.90 Å². The topological polar surface area (TPSA) is 96.5 Å². The lowest BCUT2D eigenvalue weighted by molar-refractivity contribution is -0.234. The summed E-state index contributed by atoms with van der Waals surface area (Å²) in [6.45, 7) is 5.82. The summed E-state index contributed by atoms with van der Waals surface area (Å²) < 4.78 is 25.9. The van der Waals surface area contributed by atoms with Gasteiger partial charge in [-0.05, 0) is 75.8 Å². The number of likely N-dealkylation sites (tertiary alicyclic amines) is 1. The highest BCUT2D eigenvalue weighted by molar-refractivity contribution is 5.83. The molecule has 3 aromatic rings. The van der Waals surface area contributed by atoms with Crippen LogP contribution in [0.5, 0.6) is 0 Å². The first-order valence-corrected chi connectivity index (χ1v) is 14.0. The number of benzene rings is 1. The standard InChI is InChI=1S/C29H35FN6O3/c1-29(27(37)35-14-4-2-5-15-35)18-38-26(39-19-29)25-33-23(20-8-10-21(30)11-9-20)24(34-25)22-12-13-31-28(32-22)36-16-6-3-7-17-36/h8-13,26H,2-7,14-19H2,1H3,(H,33,34). The second-order valence-corrected chi connectivity index (χ2v) is 11.0. The number of aromatic amines is 1. The third-order valence-corrected chi connectivity index (χ3v) is 7.87. The molecule has 39 heavy (non-hydrogen) atoms. The first kappa shape index (κ1) is 25.9. The average Bonchev–Trinajstić information content (AvgIpc) is 3.44. The van der Waals surface area contributed by atoms with Gasteiger partial charge >= 0.3 is 0 Å². The van der Waals surface area contributed by atoms with Crippen LogP contribution in [0.4, 0.5) is 10.3 Å². The number of piperidine rings is 2. The molecule has 6 rings (SSSR count). The summed E-state index contributed by atoms with van der Waals surface area (Å²) >= 11 is 0. The van der Waals surface area contributed by atoms with Gasteiger partial charge in [0.1, 0.15) is 5.82 Å². The number of ether oxygens (including phenoxy) is 2. The Hall–Kier alpha value is -3.37. The molecule has 0 spiro atoms.